The van der Waals surface area contributed by atoms with Gasteiger partial charge >= 0.3 is 0 Å². The molecule has 0 aliphatic rings. The number of nitrogens with two attached hydrogens (primary N) is 1. The van der Waals surface area contributed by atoms with Crippen LogP contribution in [0.15, 0.2) is 59.1 Å². The smallest absolute Gasteiger partial charge is 0.127 e. The van der Waals surface area contributed by atoms with E-state index in [1.165, 1.54) is 0 Å². The van der Waals surface area contributed by atoms with Crippen LogP contribution in [0.5, 0.6) is 0 Å². The third-order valence-electron chi connectivity index (χ3n) is 2.94. The molecule has 1 aromatic heterocycles. The number of rotatable bonds is 2. The second kappa shape index (κ2) is 5.31. The highest BCUT2D eigenvalue weighted by Crippen LogP contribution is 2.27. The number of aromatic nitrogens is 2. The van der Waals surface area contributed by atoms with E-state index < -0.39 is 0 Å². The van der Waals surface area contributed by atoms with Crippen LogP contribution < -0.4 is 5.73 Å². The minimum Gasteiger partial charge on any atom is -0.384 e. The van der Waals surface area contributed by atoms with Gasteiger partial charge in [-0.2, -0.15) is 5.10 Å². The summed E-state index contributed by atoms with van der Waals surface area (Å²) in [6, 6.07) is 17.2. The zero-order valence-electron chi connectivity index (χ0n) is 10.4. The molecular weight excluding hydrogens is 338 g/mol. The molecule has 0 fully saturated rings. The molecule has 0 saturated heterocycles. The maximum absolute atomic E-state index is 6.19. The number of benzene rings is 2. The molecule has 0 amide bonds. The topological polar surface area (TPSA) is 43.8 Å². The van der Waals surface area contributed by atoms with Crippen LogP contribution in [0.2, 0.25) is 5.02 Å². The molecule has 100 valence electrons. The van der Waals surface area contributed by atoms with Crippen LogP contribution in [0.3, 0.4) is 0 Å². The first kappa shape index (κ1) is 13.2. The van der Waals surface area contributed by atoms with Crippen LogP contribution in [0.4, 0.5) is 5.82 Å². The average molecular weight is 349 g/mol. The Morgan fingerprint density at radius 1 is 1.05 bits per heavy atom. The molecule has 0 saturated carbocycles. The van der Waals surface area contributed by atoms with Gasteiger partial charge in [0.1, 0.15) is 5.82 Å². The molecule has 20 heavy (non-hydrogen) atoms. The molecule has 5 heteroatoms. The molecule has 0 radical (unpaired) electrons. The van der Waals surface area contributed by atoms with Crippen LogP contribution in [0.1, 0.15) is 0 Å². The van der Waals surface area contributed by atoms with Gasteiger partial charge in [-0.05, 0) is 24.3 Å². The molecule has 0 unspecified atom stereocenters. The molecule has 0 aliphatic carbocycles. The zero-order chi connectivity index (χ0) is 14.1. The molecule has 0 bridgehead atoms. The van der Waals surface area contributed by atoms with Gasteiger partial charge in [0.2, 0.25) is 0 Å². The van der Waals surface area contributed by atoms with E-state index >= 15 is 0 Å². The van der Waals surface area contributed by atoms with Crippen molar-refractivity contribution in [1.82, 2.24) is 9.78 Å². The fraction of sp³-hybridized carbons (Fsp3) is 0. The summed E-state index contributed by atoms with van der Waals surface area (Å²) in [7, 11) is 0. The molecule has 3 nitrogen and oxygen atoms in total. The maximum atomic E-state index is 6.19. The van der Waals surface area contributed by atoms with E-state index in [1.54, 1.807) is 4.68 Å². The van der Waals surface area contributed by atoms with E-state index in [1.807, 2.05) is 54.6 Å². The van der Waals surface area contributed by atoms with Crippen LogP contribution in [0, 0.1) is 0 Å². The van der Waals surface area contributed by atoms with Crippen molar-refractivity contribution in [2.75, 3.05) is 5.73 Å². The number of hydrogen-bond donors (Lipinski definition) is 1. The largest absolute Gasteiger partial charge is 0.384 e. The summed E-state index contributed by atoms with van der Waals surface area (Å²) in [4.78, 5) is 0. The van der Waals surface area contributed by atoms with E-state index in [9.17, 15) is 0 Å². The van der Waals surface area contributed by atoms with Gasteiger partial charge in [0.25, 0.3) is 0 Å². The SMILES string of the molecule is Nc1cc(-c2cccc(Br)c2)nn1-c1ccccc1Cl. The first-order valence-electron chi connectivity index (χ1n) is 6.01. The van der Waals surface area contributed by atoms with Crippen molar-refractivity contribution in [3.05, 3.63) is 64.1 Å². The summed E-state index contributed by atoms with van der Waals surface area (Å²) in [5.74, 6) is 0.549. The maximum Gasteiger partial charge on any atom is 0.127 e. The predicted octanol–water partition coefficient (Wildman–Crippen LogP) is 4.54. The summed E-state index contributed by atoms with van der Waals surface area (Å²) in [5.41, 5.74) is 8.63. The average Bonchev–Trinajstić information content (AvgIpc) is 2.81. The number of hydrogen-bond acceptors (Lipinski definition) is 2. The second-order valence-corrected chi connectivity index (χ2v) is 5.65. The van der Waals surface area contributed by atoms with Gasteiger partial charge in [0.05, 0.1) is 16.4 Å². The summed E-state index contributed by atoms with van der Waals surface area (Å²) >= 11 is 9.64. The Balaban J connectivity index is 2.10. The summed E-state index contributed by atoms with van der Waals surface area (Å²) in [5, 5.41) is 5.15. The fourth-order valence-corrected chi connectivity index (χ4v) is 2.62. The minimum atomic E-state index is 0.549. The van der Waals surface area contributed by atoms with E-state index in [-0.39, 0.29) is 0 Å². The third kappa shape index (κ3) is 2.44. The van der Waals surface area contributed by atoms with E-state index in [4.69, 9.17) is 17.3 Å². The highest BCUT2D eigenvalue weighted by atomic mass is 79.9. The Labute approximate surface area is 130 Å². The molecule has 3 aromatic rings. The third-order valence-corrected chi connectivity index (χ3v) is 3.75. The lowest BCUT2D eigenvalue weighted by Gasteiger charge is -2.05. The minimum absolute atomic E-state index is 0.549. The van der Waals surface area contributed by atoms with Gasteiger partial charge in [-0.15, -0.1) is 0 Å². The Morgan fingerprint density at radius 2 is 1.85 bits per heavy atom. The lowest BCUT2D eigenvalue weighted by atomic mass is 10.2. The number of anilines is 1. The second-order valence-electron chi connectivity index (χ2n) is 4.33. The van der Waals surface area contributed by atoms with Crippen LogP contribution in [0.25, 0.3) is 16.9 Å². The van der Waals surface area contributed by atoms with E-state index in [0.717, 1.165) is 21.4 Å². The van der Waals surface area contributed by atoms with Crippen molar-refractivity contribution in [2.24, 2.45) is 0 Å². The van der Waals surface area contributed by atoms with Crippen molar-refractivity contribution >= 4 is 33.3 Å². The molecule has 2 aromatic carbocycles. The number of para-hydroxylation sites is 1. The van der Waals surface area contributed by atoms with Gasteiger partial charge < -0.3 is 5.73 Å². The Kier molecular flexibility index (Phi) is 3.51. The van der Waals surface area contributed by atoms with Gasteiger partial charge in [-0.1, -0.05) is 51.8 Å². The van der Waals surface area contributed by atoms with Crippen molar-refractivity contribution < 1.29 is 0 Å². The number of halogens is 2. The van der Waals surface area contributed by atoms with Crippen molar-refractivity contribution in [2.45, 2.75) is 0 Å². The highest BCUT2D eigenvalue weighted by molar-refractivity contribution is 9.10. The Morgan fingerprint density at radius 3 is 2.60 bits per heavy atom. The summed E-state index contributed by atoms with van der Waals surface area (Å²) < 4.78 is 2.65. The number of nitrogen functional groups attached to an aromatic ring is 1. The Hall–Kier alpha value is -1.78. The molecular formula is C15H11BrClN3. The molecule has 0 atom stereocenters. The molecule has 3 rings (SSSR count). The van der Waals surface area contributed by atoms with Gasteiger partial charge in [-0.25, -0.2) is 4.68 Å². The van der Waals surface area contributed by atoms with Crippen LogP contribution >= 0.6 is 27.5 Å². The van der Waals surface area contributed by atoms with Crippen molar-refractivity contribution in [1.29, 1.82) is 0 Å². The van der Waals surface area contributed by atoms with Crippen molar-refractivity contribution in [3.63, 3.8) is 0 Å². The van der Waals surface area contributed by atoms with Crippen LogP contribution in [-0.2, 0) is 0 Å². The van der Waals surface area contributed by atoms with Gasteiger partial charge in [0, 0.05) is 16.1 Å². The van der Waals surface area contributed by atoms with E-state index in [0.29, 0.717) is 10.8 Å². The number of nitrogens with zero attached hydrogens (tertiary/aromatic N) is 2. The molecule has 2 N–H and O–H groups in total. The highest BCUT2D eigenvalue weighted by Gasteiger charge is 2.11. The first-order valence-corrected chi connectivity index (χ1v) is 7.18. The molecule has 0 spiro atoms. The lowest BCUT2D eigenvalue weighted by molar-refractivity contribution is 0.895. The quantitative estimate of drug-likeness (QED) is 0.739. The Bertz CT molecular complexity index is 767. The van der Waals surface area contributed by atoms with Crippen LogP contribution in [-0.4, -0.2) is 9.78 Å². The van der Waals surface area contributed by atoms with Crippen molar-refractivity contribution in [3.8, 4) is 16.9 Å². The molecule has 0 aliphatic heterocycles. The predicted molar refractivity (Wildman–Crippen MR) is 86.1 cm³/mol. The molecule has 1 heterocycles. The monoisotopic (exact) mass is 347 g/mol. The summed E-state index contributed by atoms with van der Waals surface area (Å²) in [6.45, 7) is 0. The van der Waals surface area contributed by atoms with Gasteiger partial charge in [0.15, 0.2) is 0 Å². The van der Waals surface area contributed by atoms with E-state index in [2.05, 4.69) is 21.0 Å². The van der Waals surface area contributed by atoms with Gasteiger partial charge in [-0.3, -0.25) is 0 Å². The summed E-state index contributed by atoms with van der Waals surface area (Å²) in [6.07, 6.45) is 0. The standard InChI is InChI=1S/C15H11BrClN3/c16-11-5-3-4-10(8-11)13-9-15(18)20(19-13)14-7-2-1-6-12(14)17/h1-9H,18H2. The zero-order valence-corrected chi connectivity index (χ0v) is 12.8. The normalized spacial score (nSPS) is 10.7. The fourth-order valence-electron chi connectivity index (χ4n) is 2.00. The first-order chi connectivity index (χ1) is 9.65. The lowest BCUT2D eigenvalue weighted by Crippen LogP contribution is -2.02.